The van der Waals surface area contributed by atoms with Crippen molar-refractivity contribution in [1.29, 1.82) is 0 Å². The van der Waals surface area contributed by atoms with Crippen LogP contribution in [0.3, 0.4) is 0 Å². The van der Waals surface area contributed by atoms with E-state index >= 15 is 0 Å². The highest BCUT2D eigenvalue weighted by Crippen LogP contribution is 2.40. The molecule has 1 aliphatic heterocycles. The molecule has 0 bridgehead atoms. The zero-order valence-electron chi connectivity index (χ0n) is 20.9. The first kappa shape index (κ1) is 26.2. The van der Waals surface area contributed by atoms with Crippen LogP contribution in [0.1, 0.15) is 11.7 Å². The van der Waals surface area contributed by atoms with Crippen molar-refractivity contribution in [3.05, 3.63) is 54.6 Å². The first-order valence-electron chi connectivity index (χ1n) is 11.5. The van der Waals surface area contributed by atoms with Crippen LogP contribution in [-0.4, -0.2) is 83.6 Å². The van der Waals surface area contributed by atoms with Crippen molar-refractivity contribution in [3.8, 4) is 23.0 Å². The van der Waals surface area contributed by atoms with Crippen molar-refractivity contribution in [1.82, 2.24) is 9.80 Å². The van der Waals surface area contributed by atoms with E-state index in [0.29, 0.717) is 49.2 Å². The largest absolute Gasteiger partial charge is 0.497 e. The quantitative estimate of drug-likeness (QED) is 0.485. The number of rotatable bonds is 11. The van der Waals surface area contributed by atoms with E-state index < -0.39 is 0 Å². The second kappa shape index (κ2) is 12.9. The summed E-state index contributed by atoms with van der Waals surface area (Å²) in [5.41, 5.74) is 1.62. The molecule has 190 valence electrons. The number of hydrogen-bond donors (Lipinski definition) is 1. The third-order valence-corrected chi connectivity index (χ3v) is 5.88. The standard InChI is InChI=1S/C26H35N3O6/c1-6-14-35-24(19-8-7-9-21(15-19)31-2)18-28-10-12-29(13-11-28)26(30)27-20-16-22(32-3)25(34-5)23(17-20)33-4/h6-9,15-17,24H,1,10-14,18H2,2-5H3,(H,27,30). The van der Waals surface area contributed by atoms with E-state index in [1.165, 1.54) is 0 Å². The van der Waals surface area contributed by atoms with Crippen LogP contribution in [0.5, 0.6) is 23.0 Å². The van der Waals surface area contributed by atoms with Gasteiger partial charge in [-0.25, -0.2) is 4.79 Å². The Morgan fingerprint density at radius 2 is 1.69 bits per heavy atom. The number of methoxy groups -OCH3 is 4. The number of piperazine rings is 1. The summed E-state index contributed by atoms with van der Waals surface area (Å²) in [6.07, 6.45) is 1.63. The molecule has 3 rings (SSSR count). The van der Waals surface area contributed by atoms with Crippen LogP contribution in [0.2, 0.25) is 0 Å². The van der Waals surface area contributed by atoms with Gasteiger partial charge in [0.1, 0.15) is 5.75 Å². The van der Waals surface area contributed by atoms with Crippen molar-refractivity contribution < 1.29 is 28.5 Å². The van der Waals surface area contributed by atoms with Crippen LogP contribution in [0.4, 0.5) is 10.5 Å². The average Bonchev–Trinajstić information content (AvgIpc) is 2.90. The number of ether oxygens (including phenoxy) is 5. The molecule has 35 heavy (non-hydrogen) atoms. The summed E-state index contributed by atoms with van der Waals surface area (Å²) in [5, 5.41) is 2.94. The van der Waals surface area contributed by atoms with Gasteiger partial charge in [-0.05, 0) is 17.7 Å². The molecule has 1 fully saturated rings. The molecular formula is C26H35N3O6. The smallest absolute Gasteiger partial charge is 0.321 e. The number of hydrogen-bond acceptors (Lipinski definition) is 7. The predicted octanol–water partition coefficient (Wildman–Crippen LogP) is 3.81. The van der Waals surface area contributed by atoms with Crippen molar-refractivity contribution >= 4 is 11.7 Å². The fourth-order valence-electron chi connectivity index (χ4n) is 4.00. The number of carbonyl (C=O) groups is 1. The molecule has 9 nitrogen and oxygen atoms in total. The molecule has 0 radical (unpaired) electrons. The first-order chi connectivity index (χ1) is 17.0. The highest BCUT2D eigenvalue weighted by molar-refractivity contribution is 5.90. The second-order valence-corrected chi connectivity index (χ2v) is 8.02. The van der Waals surface area contributed by atoms with E-state index in [4.69, 9.17) is 23.7 Å². The SMILES string of the molecule is C=CCOC(CN1CCN(C(=O)Nc2cc(OC)c(OC)c(OC)c2)CC1)c1cccc(OC)c1. The minimum atomic E-state index is -0.175. The number of amides is 2. The lowest BCUT2D eigenvalue weighted by atomic mass is 10.1. The van der Waals surface area contributed by atoms with Gasteiger partial charge in [-0.2, -0.15) is 0 Å². The van der Waals surface area contributed by atoms with E-state index in [1.807, 2.05) is 24.3 Å². The van der Waals surface area contributed by atoms with Gasteiger partial charge in [0, 0.05) is 44.9 Å². The molecular weight excluding hydrogens is 450 g/mol. The van der Waals surface area contributed by atoms with Crippen LogP contribution in [0.15, 0.2) is 49.1 Å². The monoisotopic (exact) mass is 485 g/mol. The molecule has 1 N–H and O–H groups in total. The van der Waals surface area contributed by atoms with Crippen molar-refractivity contribution in [2.24, 2.45) is 0 Å². The molecule has 1 saturated heterocycles. The number of carbonyl (C=O) groups excluding carboxylic acids is 1. The summed E-state index contributed by atoms with van der Waals surface area (Å²) in [5.74, 6) is 2.24. The highest BCUT2D eigenvalue weighted by Gasteiger charge is 2.25. The van der Waals surface area contributed by atoms with Crippen LogP contribution in [-0.2, 0) is 4.74 Å². The molecule has 1 unspecified atom stereocenters. The third-order valence-electron chi connectivity index (χ3n) is 5.88. The number of urea groups is 1. The van der Waals surface area contributed by atoms with Crippen LogP contribution in [0.25, 0.3) is 0 Å². The zero-order chi connectivity index (χ0) is 25.2. The molecule has 2 aromatic rings. The second-order valence-electron chi connectivity index (χ2n) is 8.02. The summed E-state index contributed by atoms with van der Waals surface area (Å²) in [6, 6.07) is 11.2. The molecule has 1 atom stereocenters. The van der Waals surface area contributed by atoms with Gasteiger partial charge in [-0.3, -0.25) is 4.90 Å². The number of nitrogens with one attached hydrogen (secondary N) is 1. The van der Waals surface area contributed by atoms with Crippen molar-refractivity contribution in [3.63, 3.8) is 0 Å². The fourth-order valence-corrected chi connectivity index (χ4v) is 4.00. The Labute approximate surface area is 207 Å². The molecule has 0 saturated carbocycles. The average molecular weight is 486 g/mol. The molecule has 1 heterocycles. The molecule has 0 spiro atoms. The lowest BCUT2D eigenvalue weighted by Crippen LogP contribution is -2.50. The molecule has 1 aliphatic rings. The Kier molecular flexibility index (Phi) is 9.63. The number of anilines is 1. The Morgan fingerprint density at radius 1 is 1.00 bits per heavy atom. The van der Waals surface area contributed by atoms with Crippen LogP contribution < -0.4 is 24.3 Å². The Hall–Kier alpha value is -3.43. The maximum absolute atomic E-state index is 12.9. The molecule has 0 aliphatic carbocycles. The van der Waals surface area contributed by atoms with E-state index in [2.05, 4.69) is 16.8 Å². The Bertz CT molecular complexity index is 966. The Balaban J connectivity index is 1.60. The summed E-state index contributed by atoms with van der Waals surface area (Å²) in [6.45, 7) is 7.61. The van der Waals surface area contributed by atoms with Gasteiger partial charge in [0.05, 0.1) is 46.8 Å². The van der Waals surface area contributed by atoms with E-state index in [9.17, 15) is 4.79 Å². The minimum Gasteiger partial charge on any atom is -0.497 e. The highest BCUT2D eigenvalue weighted by atomic mass is 16.5. The Morgan fingerprint density at radius 3 is 2.26 bits per heavy atom. The normalized spacial score (nSPS) is 14.7. The summed E-state index contributed by atoms with van der Waals surface area (Å²) in [7, 11) is 6.28. The molecule has 9 heteroatoms. The maximum atomic E-state index is 12.9. The van der Waals surface area contributed by atoms with Gasteiger partial charge < -0.3 is 33.9 Å². The zero-order valence-corrected chi connectivity index (χ0v) is 20.9. The van der Waals surface area contributed by atoms with E-state index in [-0.39, 0.29) is 12.1 Å². The van der Waals surface area contributed by atoms with Gasteiger partial charge in [-0.1, -0.05) is 18.2 Å². The van der Waals surface area contributed by atoms with Gasteiger partial charge in [0.15, 0.2) is 11.5 Å². The van der Waals surface area contributed by atoms with Crippen molar-refractivity contribution in [2.45, 2.75) is 6.10 Å². The summed E-state index contributed by atoms with van der Waals surface area (Å²) >= 11 is 0. The van der Waals surface area contributed by atoms with Gasteiger partial charge in [0.25, 0.3) is 0 Å². The number of nitrogens with zero attached hydrogens (tertiary/aromatic N) is 2. The van der Waals surface area contributed by atoms with Gasteiger partial charge >= 0.3 is 6.03 Å². The predicted molar refractivity (Wildman–Crippen MR) is 135 cm³/mol. The first-order valence-corrected chi connectivity index (χ1v) is 11.5. The lowest BCUT2D eigenvalue weighted by molar-refractivity contribution is 0.0301. The van der Waals surface area contributed by atoms with Gasteiger partial charge in [0.2, 0.25) is 5.75 Å². The summed E-state index contributed by atoms with van der Waals surface area (Å²) in [4.78, 5) is 17.0. The molecule has 2 amide bonds. The third kappa shape index (κ3) is 6.80. The van der Waals surface area contributed by atoms with Crippen molar-refractivity contribution in [2.75, 3.05) is 73.1 Å². The lowest BCUT2D eigenvalue weighted by Gasteiger charge is -2.36. The fraction of sp³-hybridized carbons (Fsp3) is 0.423. The van der Waals surface area contributed by atoms with E-state index in [0.717, 1.165) is 24.4 Å². The van der Waals surface area contributed by atoms with Crippen LogP contribution in [0, 0.1) is 0 Å². The van der Waals surface area contributed by atoms with Crippen LogP contribution >= 0.6 is 0 Å². The summed E-state index contributed by atoms with van der Waals surface area (Å²) < 4.78 is 27.5. The molecule has 2 aromatic carbocycles. The number of benzene rings is 2. The topological polar surface area (TPSA) is 81.7 Å². The maximum Gasteiger partial charge on any atom is 0.321 e. The molecule has 0 aromatic heterocycles. The van der Waals surface area contributed by atoms with E-state index in [1.54, 1.807) is 51.5 Å². The minimum absolute atomic E-state index is 0.122. The van der Waals surface area contributed by atoms with Gasteiger partial charge in [-0.15, -0.1) is 6.58 Å².